The van der Waals surface area contributed by atoms with E-state index in [1.807, 2.05) is 0 Å². The maximum Gasteiger partial charge on any atom is 0.229 e. The fourth-order valence-corrected chi connectivity index (χ4v) is 6.05. The van der Waals surface area contributed by atoms with Crippen LogP contribution in [0, 0.1) is 13.8 Å². The molecule has 0 amide bonds. The second-order valence-corrected chi connectivity index (χ2v) is 11.6. The first-order valence-corrected chi connectivity index (χ1v) is 14.1. The SMILES string of the molecule is Cc1c(-c2c(C)c(=O)c3c(C(C)C)c(=O)c(=O)cc-3c2=O)c(O)c2c(C=Nc3ccccc3)c(O)c(O)c(C(C)C)c2c1O. The summed E-state index contributed by atoms with van der Waals surface area (Å²) in [6.45, 7) is 9.58. The monoisotopic (exact) mass is 593 g/mol. The third-order valence-electron chi connectivity index (χ3n) is 8.16. The Labute approximate surface area is 251 Å². The fourth-order valence-electron chi connectivity index (χ4n) is 6.05. The molecule has 0 unspecified atom stereocenters. The van der Waals surface area contributed by atoms with E-state index in [1.54, 1.807) is 58.0 Å². The van der Waals surface area contributed by atoms with Crippen molar-refractivity contribution >= 4 is 22.7 Å². The third-order valence-corrected chi connectivity index (χ3v) is 8.16. The summed E-state index contributed by atoms with van der Waals surface area (Å²) >= 11 is 0. The topological polar surface area (TPSA) is 162 Å². The van der Waals surface area contributed by atoms with Gasteiger partial charge in [0.15, 0.2) is 22.4 Å². The highest BCUT2D eigenvalue weighted by molar-refractivity contribution is 6.14. The molecule has 0 heterocycles. The first-order chi connectivity index (χ1) is 20.7. The molecule has 3 aromatic rings. The summed E-state index contributed by atoms with van der Waals surface area (Å²) in [6.07, 6.45) is 1.23. The molecule has 224 valence electrons. The van der Waals surface area contributed by atoms with Crippen LogP contribution in [0.2, 0.25) is 0 Å². The van der Waals surface area contributed by atoms with Crippen LogP contribution < -0.4 is 21.7 Å². The van der Waals surface area contributed by atoms with Crippen LogP contribution in [0.5, 0.6) is 23.0 Å². The van der Waals surface area contributed by atoms with E-state index in [9.17, 15) is 39.6 Å². The molecule has 44 heavy (non-hydrogen) atoms. The number of phenolic OH excluding ortho intramolecular Hbond substituents is 4. The molecule has 0 fully saturated rings. The van der Waals surface area contributed by atoms with Gasteiger partial charge in [0, 0.05) is 67.6 Å². The zero-order valence-corrected chi connectivity index (χ0v) is 25.1. The molecule has 0 saturated heterocycles. The van der Waals surface area contributed by atoms with Crippen molar-refractivity contribution in [2.24, 2.45) is 4.99 Å². The number of aromatic hydroxyl groups is 4. The van der Waals surface area contributed by atoms with Crippen LogP contribution in [0.4, 0.5) is 5.69 Å². The van der Waals surface area contributed by atoms with Crippen molar-refractivity contribution in [2.75, 3.05) is 0 Å². The molecule has 0 aliphatic heterocycles. The van der Waals surface area contributed by atoms with Crippen molar-refractivity contribution in [3.05, 3.63) is 105 Å². The number of fused-ring (bicyclic) bond motifs is 2. The smallest absolute Gasteiger partial charge is 0.229 e. The lowest BCUT2D eigenvalue weighted by Gasteiger charge is -2.23. The molecule has 2 aliphatic rings. The quantitative estimate of drug-likeness (QED) is 0.0916. The Morgan fingerprint density at radius 1 is 0.636 bits per heavy atom. The minimum Gasteiger partial charge on any atom is -0.507 e. The molecule has 0 atom stereocenters. The number of benzene rings is 5. The van der Waals surface area contributed by atoms with Crippen LogP contribution in [-0.2, 0) is 0 Å². The van der Waals surface area contributed by atoms with Gasteiger partial charge in [-0.05, 0) is 37.8 Å². The number of rotatable bonds is 5. The van der Waals surface area contributed by atoms with E-state index >= 15 is 0 Å². The second kappa shape index (κ2) is 10.8. The summed E-state index contributed by atoms with van der Waals surface area (Å²) in [5.41, 5.74) is -3.65. The summed E-state index contributed by atoms with van der Waals surface area (Å²) < 4.78 is 0. The molecule has 0 radical (unpaired) electrons. The van der Waals surface area contributed by atoms with Crippen LogP contribution >= 0.6 is 0 Å². The van der Waals surface area contributed by atoms with Crippen molar-refractivity contribution < 1.29 is 20.4 Å². The van der Waals surface area contributed by atoms with Gasteiger partial charge in [0.1, 0.15) is 11.5 Å². The zero-order valence-electron chi connectivity index (χ0n) is 25.1. The van der Waals surface area contributed by atoms with Gasteiger partial charge in [-0.15, -0.1) is 0 Å². The van der Waals surface area contributed by atoms with Gasteiger partial charge in [-0.1, -0.05) is 45.9 Å². The van der Waals surface area contributed by atoms with Crippen LogP contribution in [0.25, 0.3) is 33.0 Å². The van der Waals surface area contributed by atoms with Gasteiger partial charge in [0.05, 0.1) is 11.3 Å². The fraction of sp³-hybridized carbons (Fsp3) is 0.229. The van der Waals surface area contributed by atoms with Gasteiger partial charge >= 0.3 is 0 Å². The van der Waals surface area contributed by atoms with Crippen LogP contribution in [0.15, 0.2) is 60.6 Å². The lowest BCUT2D eigenvalue weighted by molar-refractivity contribution is 0.397. The van der Waals surface area contributed by atoms with E-state index < -0.39 is 56.5 Å². The molecule has 9 heteroatoms. The van der Waals surface area contributed by atoms with E-state index in [1.165, 1.54) is 20.1 Å². The lowest BCUT2D eigenvalue weighted by atomic mass is 9.82. The summed E-state index contributed by atoms with van der Waals surface area (Å²) in [5.74, 6) is -3.01. The molecular formula is C35H31NO8. The third kappa shape index (κ3) is 4.35. The number of hydrogen-bond donors (Lipinski definition) is 4. The Hall–Kier alpha value is -5.31. The average Bonchev–Trinajstić information content (AvgIpc) is 2.97. The molecule has 0 aromatic heterocycles. The second-order valence-electron chi connectivity index (χ2n) is 11.6. The summed E-state index contributed by atoms with van der Waals surface area (Å²) in [4.78, 5) is 57.6. The molecule has 0 spiro atoms. The van der Waals surface area contributed by atoms with Gasteiger partial charge in [0.25, 0.3) is 0 Å². The molecule has 0 bridgehead atoms. The summed E-state index contributed by atoms with van der Waals surface area (Å²) in [7, 11) is 0. The first kappa shape index (κ1) is 30.2. The van der Waals surface area contributed by atoms with E-state index in [2.05, 4.69) is 4.99 Å². The maximum absolute atomic E-state index is 14.1. The summed E-state index contributed by atoms with van der Waals surface area (Å²) in [5, 5.41) is 45.7. The van der Waals surface area contributed by atoms with Gasteiger partial charge < -0.3 is 20.4 Å². The Kier molecular flexibility index (Phi) is 7.37. The van der Waals surface area contributed by atoms with Crippen LogP contribution in [0.1, 0.15) is 67.3 Å². The van der Waals surface area contributed by atoms with Crippen LogP contribution in [0.3, 0.4) is 0 Å². The summed E-state index contributed by atoms with van der Waals surface area (Å²) in [6, 6.07) is 9.55. The predicted octanol–water partition coefficient (Wildman–Crippen LogP) is 5.36. The predicted molar refractivity (Wildman–Crippen MR) is 171 cm³/mol. The molecular weight excluding hydrogens is 562 g/mol. The Balaban J connectivity index is 2.01. The lowest BCUT2D eigenvalue weighted by Crippen LogP contribution is -2.35. The van der Waals surface area contributed by atoms with Gasteiger partial charge in [-0.25, -0.2) is 0 Å². The molecule has 0 saturated carbocycles. The van der Waals surface area contributed by atoms with Crippen molar-refractivity contribution in [3.63, 3.8) is 0 Å². The largest absolute Gasteiger partial charge is 0.507 e. The van der Waals surface area contributed by atoms with E-state index in [-0.39, 0.29) is 60.8 Å². The Morgan fingerprint density at radius 3 is 1.84 bits per heavy atom. The Morgan fingerprint density at radius 2 is 1.25 bits per heavy atom. The minimum atomic E-state index is -0.934. The highest BCUT2D eigenvalue weighted by Gasteiger charge is 2.32. The number of nitrogens with zero attached hydrogens (tertiary/aromatic N) is 1. The minimum absolute atomic E-state index is 0.0266. The maximum atomic E-state index is 14.1. The van der Waals surface area contributed by atoms with Crippen molar-refractivity contribution in [1.82, 2.24) is 0 Å². The highest BCUT2D eigenvalue weighted by atomic mass is 16.3. The van der Waals surface area contributed by atoms with E-state index in [4.69, 9.17) is 0 Å². The van der Waals surface area contributed by atoms with Gasteiger partial charge in [-0.2, -0.15) is 0 Å². The molecule has 9 nitrogen and oxygen atoms in total. The molecule has 2 aliphatic carbocycles. The van der Waals surface area contributed by atoms with Crippen molar-refractivity contribution in [2.45, 2.75) is 53.4 Å². The molecule has 3 aromatic carbocycles. The van der Waals surface area contributed by atoms with Crippen molar-refractivity contribution in [1.29, 1.82) is 0 Å². The first-order valence-electron chi connectivity index (χ1n) is 14.1. The van der Waals surface area contributed by atoms with E-state index in [0.29, 0.717) is 5.69 Å². The number of phenols is 4. The molecule has 4 N–H and O–H groups in total. The molecule has 5 rings (SSSR count). The number of para-hydroxylation sites is 1. The van der Waals surface area contributed by atoms with Gasteiger partial charge in [-0.3, -0.25) is 24.2 Å². The highest BCUT2D eigenvalue weighted by Crippen LogP contribution is 2.53. The number of hydrogen-bond acceptors (Lipinski definition) is 9. The Bertz CT molecular complexity index is 2210. The van der Waals surface area contributed by atoms with E-state index in [0.717, 1.165) is 6.07 Å². The van der Waals surface area contributed by atoms with Crippen LogP contribution in [-0.4, -0.2) is 26.6 Å². The number of aliphatic imine (C=N–C) groups is 1. The standard InChI is InChI=1S/C35H31NO8/c1-14(2)22-26-19(12-21(37)33(22)42)31(40)24(16(5)29(26)38)25-17(6)30(39)28-23(15(3)4)35(44)32(41)20(27(28)34(25)43)13-36-18-10-8-7-9-11-18/h7-15,39,41,43-44H,1-6H3. The van der Waals surface area contributed by atoms with Crippen molar-refractivity contribution in [3.8, 4) is 45.3 Å². The zero-order chi connectivity index (χ0) is 32.4. The van der Waals surface area contributed by atoms with Gasteiger partial charge in [0.2, 0.25) is 10.9 Å². The normalized spacial score (nSPS) is 12.0. The average molecular weight is 594 g/mol.